The zero-order valence-corrected chi connectivity index (χ0v) is 11.5. The Balaban J connectivity index is 2.64. The van der Waals surface area contributed by atoms with Crippen LogP contribution in [0.3, 0.4) is 0 Å². The predicted octanol–water partition coefficient (Wildman–Crippen LogP) is 2.85. The van der Waals surface area contributed by atoms with Crippen molar-refractivity contribution in [1.82, 2.24) is 9.97 Å². The minimum absolute atomic E-state index is 0.183. The highest BCUT2D eigenvalue weighted by Crippen LogP contribution is 2.26. The minimum Gasteiger partial charge on any atom is -0.411 e. The molecule has 0 spiro atoms. The normalized spacial score (nSPS) is 12.4. The third kappa shape index (κ3) is 2.90. The van der Waals surface area contributed by atoms with E-state index in [9.17, 15) is 0 Å². The van der Waals surface area contributed by atoms with Crippen molar-refractivity contribution in [3.05, 3.63) is 23.8 Å². The van der Waals surface area contributed by atoms with Gasteiger partial charge in [0.05, 0.1) is 17.4 Å². The van der Waals surface area contributed by atoms with Crippen molar-refractivity contribution in [2.75, 3.05) is 5.73 Å². The fourth-order valence-corrected chi connectivity index (χ4v) is 1.99. The molecule has 0 aliphatic rings. The van der Waals surface area contributed by atoms with Crippen LogP contribution < -0.4 is 5.73 Å². The summed E-state index contributed by atoms with van der Waals surface area (Å²) < 4.78 is 0. The summed E-state index contributed by atoms with van der Waals surface area (Å²) in [6.45, 7) is 3.99. The van der Waals surface area contributed by atoms with Gasteiger partial charge in [-0.05, 0) is 25.0 Å². The number of oxime groups is 1. The SMILES string of the molecule is CCCC(C=NO)=Nc1nc(N)nc2c(C)cccc12. The molecule has 1 heterocycles. The number of benzene rings is 1. The standard InChI is InChI=1S/C14H17N5O/c1-3-5-10(8-16-20)17-13-11-7-4-6-9(2)12(11)18-14(15)19-13/h4,6-8,20H,3,5H2,1-2H3,(H2,15,18,19). The lowest BCUT2D eigenvalue weighted by Crippen LogP contribution is -2.01. The Morgan fingerprint density at radius 1 is 1.40 bits per heavy atom. The average Bonchev–Trinajstić information content (AvgIpc) is 2.40. The topological polar surface area (TPSA) is 96.8 Å². The van der Waals surface area contributed by atoms with Gasteiger partial charge in [0, 0.05) is 5.39 Å². The molecule has 0 aliphatic heterocycles. The number of aromatic nitrogens is 2. The first kappa shape index (κ1) is 13.9. The highest BCUT2D eigenvalue weighted by atomic mass is 16.4. The second-order valence-electron chi connectivity index (χ2n) is 4.47. The van der Waals surface area contributed by atoms with Crippen molar-refractivity contribution >= 4 is 34.6 Å². The molecule has 0 fully saturated rings. The summed E-state index contributed by atoms with van der Waals surface area (Å²) in [5.41, 5.74) is 8.19. The van der Waals surface area contributed by atoms with Gasteiger partial charge < -0.3 is 10.9 Å². The van der Waals surface area contributed by atoms with Gasteiger partial charge in [-0.3, -0.25) is 0 Å². The van der Waals surface area contributed by atoms with Crippen LogP contribution >= 0.6 is 0 Å². The van der Waals surface area contributed by atoms with Crippen LogP contribution in [0.25, 0.3) is 10.9 Å². The summed E-state index contributed by atoms with van der Waals surface area (Å²) in [4.78, 5) is 12.9. The Hall–Kier alpha value is -2.50. The van der Waals surface area contributed by atoms with Crippen LogP contribution in [0.2, 0.25) is 0 Å². The van der Waals surface area contributed by atoms with Gasteiger partial charge in [0.1, 0.15) is 0 Å². The van der Waals surface area contributed by atoms with Gasteiger partial charge in [0.15, 0.2) is 5.82 Å². The molecule has 6 heteroatoms. The molecule has 0 unspecified atom stereocenters. The van der Waals surface area contributed by atoms with Crippen LogP contribution in [0.5, 0.6) is 0 Å². The van der Waals surface area contributed by atoms with Gasteiger partial charge in [-0.1, -0.05) is 30.6 Å². The highest BCUT2D eigenvalue weighted by molar-refractivity contribution is 6.31. The number of nitrogen functional groups attached to an aromatic ring is 1. The van der Waals surface area contributed by atoms with Crippen LogP contribution in [0, 0.1) is 6.92 Å². The molecule has 2 aromatic rings. The van der Waals surface area contributed by atoms with Crippen LogP contribution in [-0.4, -0.2) is 27.1 Å². The van der Waals surface area contributed by atoms with Crippen molar-refractivity contribution in [2.24, 2.45) is 10.1 Å². The molecule has 0 bridgehead atoms. The highest BCUT2D eigenvalue weighted by Gasteiger charge is 2.08. The summed E-state index contributed by atoms with van der Waals surface area (Å²) in [6, 6.07) is 5.79. The smallest absolute Gasteiger partial charge is 0.222 e. The maximum Gasteiger partial charge on any atom is 0.222 e. The number of nitrogens with zero attached hydrogens (tertiary/aromatic N) is 4. The van der Waals surface area contributed by atoms with E-state index in [2.05, 4.69) is 20.1 Å². The fourth-order valence-electron chi connectivity index (χ4n) is 1.99. The van der Waals surface area contributed by atoms with Crippen molar-refractivity contribution < 1.29 is 5.21 Å². The number of aliphatic imine (C=N–C) groups is 1. The third-order valence-corrected chi connectivity index (χ3v) is 2.89. The number of anilines is 1. The van der Waals surface area contributed by atoms with Gasteiger partial charge in [-0.15, -0.1) is 0 Å². The Kier molecular flexibility index (Phi) is 4.24. The zero-order chi connectivity index (χ0) is 14.5. The number of hydrogen-bond donors (Lipinski definition) is 2. The Bertz CT molecular complexity index is 679. The molecule has 0 atom stereocenters. The molecule has 3 N–H and O–H groups in total. The number of fused-ring (bicyclic) bond motifs is 1. The summed E-state index contributed by atoms with van der Waals surface area (Å²) in [5.74, 6) is 0.682. The maximum atomic E-state index is 8.68. The number of aryl methyl sites for hydroxylation is 1. The van der Waals surface area contributed by atoms with Gasteiger partial charge in [0.2, 0.25) is 5.95 Å². The van der Waals surface area contributed by atoms with E-state index in [1.165, 1.54) is 6.21 Å². The zero-order valence-electron chi connectivity index (χ0n) is 11.5. The second kappa shape index (κ2) is 6.10. The van der Waals surface area contributed by atoms with E-state index >= 15 is 0 Å². The molecule has 2 rings (SSSR count). The molecule has 20 heavy (non-hydrogen) atoms. The minimum atomic E-state index is 0.183. The van der Waals surface area contributed by atoms with Crippen LogP contribution in [-0.2, 0) is 0 Å². The largest absolute Gasteiger partial charge is 0.411 e. The summed E-state index contributed by atoms with van der Waals surface area (Å²) >= 11 is 0. The molecule has 0 radical (unpaired) electrons. The number of para-hydroxylation sites is 1. The lowest BCUT2D eigenvalue weighted by atomic mass is 10.1. The monoisotopic (exact) mass is 271 g/mol. The Labute approximate surface area is 117 Å². The average molecular weight is 271 g/mol. The Morgan fingerprint density at radius 3 is 2.90 bits per heavy atom. The third-order valence-electron chi connectivity index (χ3n) is 2.89. The second-order valence-corrected chi connectivity index (χ2v) is 4.47. The number of rotatable bonds is 4. The lowest BCUT2D eigenvalue weighted by Gasteiger charge is -2.06. The van der Waals surface area contributed by atoms with E-state index in [0.717, 1.165) is 22.9 Å². The molecule has 0 saturated carbocycles. The van der Waals surface area contributed by atoms with E-state index in [1.807, 2.05) is 32.0 Å². The molecule has 1 aromatic carbocycles. The van der Waals surface area contributed by atoms with Gasteiger partial charge in [0.25, 0.3) is 0 Å². The number of nitrogens with two attached hydrogens (primary N) is 1. The van der Waals surface area contributed by atoms with Crippen molar-refractivity contribution in [1.29, 1.82) is 0 Å². The van der Waals surface area contributed by atoms with Gasteiger partial charge in [-0.25, -0.2) is 9.98 Å². The predicted molar refractivity (Wildman–Crippen MR) is 81.0 cm³/mol. The van der Waals surface area contributed by atoms with Gasteiger partial charge >= 0.3 is 0 Å². The van der Waals surface area contributed by atoms with E-state index in [1.54, 1.807) is 0 Å². The Morgan fingerprint density at radius 2 is 2.20 bits per heavy atom. The van der Waals surface area contributed by atoms with Crippen LogP contribution in [0.15, 0.2) is 28.3 Å². The molecule has 6 nitrogen and oxygen atoms in total. The van der Waals surface area contributed by atoms with Crippen molar-refractivity contribution in [3.63, 3.8) is 0 Å². The van der Waals surface area contributed by atoms with E-state index in [0.29, 0.717) is 18.0 Å². The summed E-state index contributed by atoms with van der Waals surface area (Å²) in [5, 5.41) is 12.6. The van der Waals surface area contributed by atoms with Crippen LogP contribution in [0.1, 0.15) is 25.3 Å². The summed E-state index contributed by atoms with van der Waals surface area (Å²) in [7, 11) is 0. The quantitative estimate of drug-likeness (QED) is 0.507. The summed E-state index contributed by atoms with van der Waals surface area (Å²) in [6.07, 6.45) is 2.91. The first-order valence-electron chi connectivity index (χ1n) is 6.43. The molecular formula is C14H17N5O. The molecule has 1 aromatic heterocycles. The van der Waals surface area contributed by atoms with Gasteiger partial charge in [-0.2, -0.15) is 4.98 Å². The number of hydrogen-bond acceptors (Lipinski definition) is 6. The molecule has 0 aliphatic carbocycles. The van der Waals surface area contributed by atoms with Crippen molar-refractivity contribution in [2.45, 2.75) is 26.7 Å². The maximum absolute atomic E-state index is 8.68. The van der Waals surface area contributed by atoms with E-state index in [4.69, 9.17) is 10.9 Å². The van der Waals surface area contributed by atoms with Crippen LogP contribution in [0.4, 0.5) is 11.8 Å². The molecule has 0 saturated heterocycles. The van der Waals surface area contributed by atoms with Crippen molar-refractivity contribution in [3.8, 4) is 0 Å². The first-order chi connectivity index (χ1) is 9.65. The molecule has 104 valence electrons. The van der Waals surface area contributed by atoms with E-state index < -0.39 is 0 Å². The molecule has 0 amide bonds. The first-order valence-corrected chi connectivity index (χ1v) is 6.43. The molecular weight excluding hydrogens is 254 g/mol. The lowest BCUT2D eigenvalue weighted by molar-refractivity contribution is 0.322. The van der Waals surface area contributed by atoms with E-state index in [-0.39, 0.29) is 5.95 Å². The fraction of sp³-hybridized carbons (Fsp3) is 0.286.